The van der Waals surface area contributed by atoms with Gasteiger partial charge in [0.2, 0.25) is 17.7 Å². The molecule has 18 heteroatoms. The SMILES string of the molecule is N#Cc1cnn2cc(-c3cnn(C4CCC(N5CCN(c6ccc(NC7CCC(=O)NC7=O)cc6F)CC5)CC4)c3)nc(-c3ccc(N4CC5CC(C4)N5CC4CCC(F)(F)CC4)nc3)c12. The van der Waals surface area contributed by atoms with Gasteiger partial charge >= 0.3 is 0 Å². The number of carbonyl (C=O) groups excluding carboxylic acids is 2. The Morgan fingerprint density at radius 2 is 1.61 bits per heavy atom. The predicted molar refractivity (Wildman–Crippen MR) is 241 cm³/mol. The van der Waals surface area contributed by atoms with E-state index in [0.29, 0.717) is 77.1 Å². The molecular formula is C48H54F3N13O2. The Morgan fingerprint density at radius 3 is 2.32 bits per heavy atom. The normalized spacial score (nSPS) is 26.2. The van der Waals surface area contributed by atoms with E-state index in [1.807, 2.05) is 30.7 Å². The van der Waals surface area contributed by atoms with Gasteiger partial charge in [0, 0.05) is 112 Å². The smallest absolute Gasteiger partial charge is 0.249 e. The van der Waals surface area contributed by atoms with E-state index < -0.39 is 12.0 Å². The van der Waals surface area contributed by atoms with E-state index >= 15 is 4.39 Å². The Morgan fingerprint density at radius 1 is 0.833 bits per heavy atom. The number of halogens is 3. The molecule has 5 aliphatic heterocycles. The van der Waals surface area contributed by atoms with Gasteiger partial charge in [-0.3, -0.25) is 29.4 Å². The second-order valence-electron chi connectivity index (χ2n) is 19.3. The highest BCUT2D eigenvalue weighted by atomic mass is 19.3. The van der Waals surface area contributed by atoms with Gasteiger partial charge in [0.15, 0.2) is 0 Å². The Balaban J connectivity index is 0.703. The van der Waals surface area contributed by atoms with Gasteiger partial charge in [0.1, 0.15) is 34.8 Å². The van der Waals surface area contributed by atoms with Gasteiger partial charge < -0.3 is 15.1 Å². The fraction of sp³-hybridized carbons (Fsp3) is 0.521. The van der Waals surface area contributed by atoms with Gasteiger partial charge in [-0.2, -0.15) is 15.5 Å². The third kappa shape index (κ3) is 8.36. The second kappa shape index (κ2) is 17.3. The van der Waals surface area contributed by atoms with Crippen LogP contribution in [0.3, 0.4) is 0 Å². The summed E-state index contributed by atoms with van der Waals surface area (Å²) >= 11 is 0. The van der Waals surface area contributed by atoms with Crippen LogP contribution in [0.5, 0.6) is 0 Å². The number of piperazine rings is 2. The number of carbonyl (C=O) groups is 2. The maximum Gasteiger partial charge on any atom is 0.249 e. The maximum atomic E-state index is 15.4. The largest absolute Gasteiger partial charge is 0.374 e. The Kier molecular flexibility index (Phi) is 11.2. The van der Waals surface area contributed by atoms with Crippen LogP contribution in [-0.2, 0) is 9.59 Å². The van der Waals surface area contributed by atoms with E-state index in [9.17, 15) is 23.6 Å². The van der Waals surface area contributed by atoms with Crippen molar-refractivity contribution in [2.45, 2.75) is 107 Å². The number of aromatic nitrogens is 6. The van der Waals surface area contributed by atoms with E-state index in [-0.39, 0.29) is 42.9 Å². The predicted octanol–water partition coefficient (Wildman–Crippen LogP) is 6.28. The van der Waals surface area contributed by atoms with Crippen LogP contribution in [0.1, 0.15) is 82.2 Å². The average Bonchev–Trinajstić information content (AvgIpc) is 4.00. The van der Waals surface area contributed by atoms with Crippen LogP contribution < -0.4 is 20.4 Å². The zero-order valence-electron chi connectivity index (χ0n) is 36.8. The summed E-state index contributed by atoms with van der Waals surface area (Å²) in [5, 5.41) is 24.8. The molecule has 2 aliphatic carbocycles. The Labute approximate surface area is 380 Å². The van der Waals surface area contributed by atoms with Crippen molar-refractivity contribution < 1.29 is 22.8 Å². The van der Waals surface area contributed by atoms with Crippen molar-refractivity contribution in [3.8, 4) is 28.6 Å². The number of hydrogen-bond acceptors (Lipinski definition) is 12. The van der Waals surface area contributed by atoms with E-state index in [0.717, 1.165) is 94.9 Å². The Hall–Kier alpha value is -6.06. The number of nitrogens with one attached hydrogen (secondary N) is 2. The molecule has 3 atom stereocenters. The summed E-state index contributed by atoms with van der Waals surface area (Å²) in [4.78, 5) is 43.2. The lowest BCUT2D eigenvalue weighted by atomic mass is 9.82. The fourth-order valence-electron chi connectivity index (χ4n) is 11.5. The molecule has 5 aromatic rings. The van der Waals surface area contributed by atoms with Crippen LogP contribution in [0.4, 0.5) is 30.4 Å². The number of nitriles is 1. The zero-order valence-corrected chi connectivity index (χ0v) is 36.8. The highest BCUT2D eigenvalue weighted by Crippen LogP contribution is 2.41. The molecule has 1 aromatic carbocycles. The quantitative estimate of drug-likeness (QED) is 0.152. The summed E-state index contributed by atoms with van der Waals surface area (Å²) < 4.78 is 46.7. The van der Waals surface area contributed by atoms with Crippen molar-refractivity contribution in [1.82, 2.24) is 44.5 Å². The van der Waals surface area contributed by atoms with Gasteiger partial charge in [0.25, 0.3) is 0 Å². The highest BCUT2D eigenvalue weighted by molar-refractivity contribution is 6.01. The fourth-order valence-corrected chi connectivity index (χ4v) is 11.5. The number of amides is 2. The lowest BCUT2D eigenvalue weighted by Gasteiger charge is -2.57. The molecule has 5 saturated heterocycles. The zero-order chi connectivity index (χ0) is 45.1. The van der Waals surface area contributed by atoms with Crippen molar-refractivity contribution in [1.29, 1.82) is 5.26 Å². The molecule has 7 fully saturated rings. The first-order valence-electron chi connectivity index (χ1n) is 23.6. The number of piperidine rings is 2. The van der Waals surface area contributed by atoms with Gasteiger partial charge in [-0.25, -0.2) is 27.7 Å². The number of nitrogens with zero attached hydrogens (tertiary/aromatic N) is 11. The van der Waals surface area contributed by atoms with E-state index in [2.05, 4.69) is 52.3 Å². The van der Waals surface area contributed by atoms with Crippen LogP contribution in [0.15, 0.2) is 61.3 Å². The molecule has 0 radical (unpaired) electrons. The standard InChI is InChI=1S/C48H54F3N13O2/c49-39-19-34(56-40-7-10-44(65)58-47(40)66)2-8-42(39)60-17-15-59(16-18-60)35-3-5-36(6-4-35)63-26-33(24-54-63)41-29-64-46(32(21-52)23-55-64)45(57-41)31-1-9-43(53-22-31)61-27-37-20-38(28-61)62(37)25-30-11-13-48(50,51)14-12-30/h1-2,8-9,19,22-24,26,29-30,35-38,40,56H,3-7,10-18,20,25,27-28H2,(H,58,65,66). The molecular weight excluding hydrogens is 848 g/mol. The van der Waals surface area contributed by atoms with Crippen LogP contribution >= 0.6 is 0 Å². The first-order chi connectivity index (χ1) is 32.0. The second-order valence-corrected chi connectivity index (χ2v) is 19.3. The summed E-state index contributed by atoms with van der Waals surface area (Å²) in [5.41, 5.74) is 5.10. The minimum atomic E-state index is -2.50. The lowest BCUT2D eigenvalue weighted by Crippen LogP contribution is -2.69. The number of rotatable bonds is 10. The molecule has 2 amide bonds. The van der Waals surface area contributed by atoms with Crippen molar-refractivity contribution in [3.05, 3.63) is 72.7 Å². The van der Waals surface area contributed by atoms with Crippen LogP contribution in [0.25, 0.3) is 28.0 Å². The van der Waals surface area contributed by atoms with Gasteiger partial charge in [-0.05, 0) is 87.6 Å². The summed E-state index contributed by atoms with van der Waals surface area (Å²) in [6.07, 6.45) is 16.2. The van der Waals surface area contributed by atoms with Crippen molar-refractivity contribution in [2.24, 2.45) is 5.92 Å². The topological polar surface area (TPSA) is 156 Å². The molecule has 12 rings (SSSR count). The molecule has 2 N–H and O–H groups in total. The van der Waals surface area contributed by atoms with Crippen LogP contribution in [0, 0.1) is 23.1 Å². The first kappa shape index (κ1) is 42.6. The molecule has 2 bridgehead atoms. The first-order valence-corrected chi connectivity index (χ1v) is 23.6. The van der Waals surface area contributed by atoms with E-state index in [4.69, 9.17) is 15.1 Å². The molecule has 7 aliphatic rings. The van der Waals surface area contributed by atoms with Crippen LogP contribution in [0.2, 0.25) is 0 Å². The molecule has 344 valence electrons. The number of hydrogen-bond donors (Lipinski definition) is 2. The third-order valence-corrected chi connectivity index (χ3v) is 15.2. The highest BCUT2D eigenvalue weighted by Gasteiger charge is 2.46. The Bertz CT molecular complexity index is 2640. The van der Waals surface area contributed by atoms with E-state index in [1.54, 1.807) is 22.8 Å². The molecule has 9 heterocycles. The molecule has 0 spiro atoms. The summed E-state index contributed by atoms with van der Waals surface area (Å²) in [5.74, 6) is -2.25. The number of pyridine rings is 1. The van der Waals surface area contributed by atoms with Crippen molar-refractivity contribution in [3.63, 3.8) is 0 Å². The van der Waals surface area contributed by atoms with Gasteiger partial charge in [-0.15, -0.1) is 0 Å². The number of anilines is 3. The maximum absolute atomic E-state index is 15.4. The molecule has 2 saturated carbocycles. The number of benzene rings is 1. The van der Waals surface area contributed by atoms with E-state index in [1.165, 1.54) is 6.07 Å². The monoisotopic (exact) mass is 901 g/mol. The molecule has 3 unspecified atom stereocenters. The van der Waals surface area contributed by atoms with Gasteiger partial charge in [-0.1, -0.05) is 0 Å². The number of fused-ring (bicyclic) bond motifs is 3. The third-order valence-electron chi connectivity index (χ3n) is 15.2. The number of alkyl halides is 2. The lowest BCUT2D eigenvalue weighted by molar-refractivity contribution is -0.133. The summed E-state index contributed by atoms with van der Waals surface area (Å²) in [7, 11) is 0. The minimum absolute atomic E-state index is 0.0117. The van der Waals surface area contributed by atoms with Crippen molar-refractivity contribution >= 4 is 34.5 Å². The minimum Gasteiger partial charge on any atom is -0.374 e. The average molecular weight is 902 g/mol. The molecule has 15 nitrogen and oxygen atoms in total. The summed E-state index contributed by atoms with van der Waals surface area (Å²) in [6, 6.07) is 12.3. The van der Waals surface area contributed by atoms with Gasteiger partial charge in [0.05, 0.1) is 41.7 Å². The summed E-state index contributed by atoms with van der Waals surface area (Å²) in [6.45, 7) is 5.78. The number of imide groups is 1. The van der Waals surface area contributed by atoms with Crippen molar-refractivity contribution in [2.75, 3.05) is 60.9 Å². The molecule has 66 heavy (non-hydrogen) atoms. The molecule has 4 aromatic heterocycles. The van der Waals surface area contributed by atoms with Crippen LogP contribution in [-0.4, -0.2) is 127 Å².